The Kier molecular flexibility index (Phi) is 4.94. The molecule has 0 saturated heterocycles. The number of aromatic nitrogens is 2. The third-order valence-corrected chi connectivity index (χ3v) is 2.92. The highest BCUT2D eigenvalue weighted by Gasteiger charge is 2.08. The minimum Gasteiger partial charge on any atom is -0.449 e. The van der Waals surface area contributed by atoms with E-state index in [-0.39, 0.29) is 0 Å². The summed E-state index contributed by atoms with van der Waals surface area (Å²) < 4.78 is 4.79. The summed E-state index contributed by atoms with van der Waals surface area (Å²) in [5, 5.41) is 10.3. The van der Waals surface area contributed by atoms with Crippen LogP contribution in [-0.2, 0) is 4.74 Å². The molecule has 1 N–H and O–H groups in total. The number of hydrogen-bond donors (Lipinski definition) is 1. The number of carbonyl (C=O) groups is 1. The average Bonchev–Trinajstić information content (AvgIpc) is 2.48. The quantitative estimate of drug-likeness (QED) is 0.880. The number of anilines is 1. The lowest BCUT2D eigenvalue weighted by Crippen LogP contribution is -2.40. The van der Waals surface area contributed by atoms with Gasteiger partial charge in [0.2, 0.25) is 0 Å². The number of rotatable bonds is 4. The van der Waals surface area contributed by atoms with Crippen molar-refractivity contribution in [2.24, 2.45) is 0 Å². The fraction of sp³-hybridized carbons (Fsp3) is 0.214. The van der Waals surface area contributed by atoms with Crippen LogP contribution in [0, 0.1) is 0 Å². The number of ether oxygens (including phenoxy) is 1. The third-order valence-electron chi connectivity index (χ3n) is 2.67. The first kappa shape index (κ1) is 15.1. The number of hydrazine groups is 1. The summed E-state index contributed by atoms with van der Waals surface area (Å²) in [6.45, 7) is 2.04. The molecule has 0 bridgehead atoms. The average molecular weight is 307 g/mol. The molecule has 0 atom stereocenters. The molecule has 1 heterocycles. The van der Waals surface area contributed by atoms with Crippen molar-refractivity contribution in [3.8, 4) is 11.3 Å². The van der Waals surface area contributed by atoms with Crippen LogP contribution in [0.3, 0.4) is 0 Å². The van der Waals surface area contributed by atoms with Crippen molar-refractivity contribution in [3.63, 3.8) is 0 Å². The molecule has 0 fully saturated rings. The molecule has 0 spiro atoms. The predicted molar refractivity (Wildman–Crippen MR) is 81.0 cm³/mol. The highest BCUT2D eigenvalue weighted by atomic mass is 35.5. The van der Waals surface area contributed by atoms with Gasteiger partial charge in [0.15, 0.2) is 5.82 Å². The first-order valence-corrected chi connectivity index (χ1v) is 6.74. The molecule has 21 heavy (non-hydrogen) atoms. The number of halogens is 1. The summed E-state index contributed by atoms with van der Waals surface area (Å²) in [5.74, 6) is 0.501. The smallest absolute Gasteiger partial charge is 0.426 e. The first-order valence-electron chi connectivity index (χ1n) is 6.37. The van der Waals surface area contributed by atoms with Crippen molar-refractivity contribution >= 4 is 23.5 Å². The Bertz CT molecular complexity index is 601. The van der Waals surface area contributed by atoms with Crippen molar-refractivity contribution in [2.75, 3.05) is 18.7 Å². The van der Waals surface area contributed by atoms with Gasteiger partial charge in [-0.2, -0.15) is 0 Å². The van der Waals surface area contributed by atoms with E-state index in [0.29, 0.717) is 17.4 Å². The number of benzene rings is 1. The van der Waals surface area contributed by atoms with E-state index < -0.39 is 6.09 Å². The van der Waals surface area contributed by atoms with Crippen molar-refractivity contribution in [3.05, 3.63) is 41.4 Å². The number of nitrogens with one attached hydrogen (secondary N) is 1. The fourth-order valence-corrected chi connectivity index (χ4v) is 1.76. The van der Waals surface area contributed by atoms with Gasteiger partial charge in [0, 0.05) is 17.6 Å². The summed E-state index contributed by atoms with van der Waals surface area (Å²) in [5.41, 5.74) is 4.15. The lowest BCUT2D eigenvalue weighted by atomic mass is 10.1. The Morgan fingerprint density at radius 3 is 2.52 bits per heavy atom. The highest BCUT2D eigenvalue weighted by molar-refractivity contribution is 6.30. The Balaban J connectivity index is 2.08. The minimum absolute atomic E-state index is 0.306. The van der Waals surface area contributed by atoms with E-state index in [0.717, 1.165) is 11.3 Å². The topological polar surface area (TPSA) is 67.3 Å². The van der Waals surface area contributed by atoms with Gasteiger partial charge in [0.25, 0.3) is 0 Å². The highest BCUT2D eigenvalue weighted by Crippen LogP contribution is 2.20. The number of amides is 1. The molecule has 2 aromatic rings. The van der Waals surface area contributed by atoms with Crippen LogP contribution in [-0.4, -0.2) is 29.9 Å². The van der Waals surface area contributed by atoms with E-state index in [1.54, 1.807) is 32.2 Å². The van der Waals surface area contributed by atoms with Crippen molar-refractivity contribution in [1.82, 2.24) is 15.6 Å². The van der Waals surface area contributed by atoms with E-state index in [1.165, 1.54) is 5.01 Å². The summed E-state index contributed by atoms with van der Waals surface area (Å²) in [6.07, 6.45) is -0.538. The minimum atomic E-state index is -0.538. The summed E-state index contributed by atoms with van der Waals surface area (Å²) in [6, 6.07) is 10.9. The molecule has 1 amide bonds. The SMILES string of the molecule is CCOC(=O)NN(C)c1ccc(-c2ccc(Cl)cc2)nn1. The maximum absolute atomic E-state index is 11.3. The van der Waals surface area contributed by atoms with Crippen LogP contribution < -0.4 is 10.4 Å². The largest absolute Gasteiger partial charge is 0.449 e. The monoisotopic (exact) mass is 306 g/mol. The molecule has 7 heteroatoms. The Hall–Kier alpha value is -2.34. The number of carbonyl (C=O) groups excluding carboxylic acids is 1. The van der Waals surface area contributed by atoms with Crippen LogP contribution in [0.5, 0.6) is 0 Å². The van der Waals surface area contributed by atoms with Crippen LogP contribution in [0.15, 0.2) is 36.4 Å². The van der Waals surface area contributed by atoms with E-state index in [4.69, 9.17) is 16.3 Å². The Morgan fingerprint density at radius 1 is 1.24 bits per heavy atom. The van der Waals surface area contributed by atoms with Gasteiger partial charge in [-0.05, 0) is 31.2 Å². The maximum atomic E-state index is 11.3. The molecule has 1 aromatic carbocycles. The first-order chi connectivity index (χ1) is 10.1. The van der Waals surface area contributed by atoms with E-state index >= 15 is 0 Å². The molecule has 0 radical (unpaired) electrons. The summed E-state index contributed by atoms with van der Waals surface area (Å²) in [4.78, 5) is 11.3. The van der Waals surface area contributed by atoms with Crippen LogP contribution in [0.25, 0.3) is 11.3 Å². The fourth-order valence-electron chi connectivity index (χ4n) is 1.64. The molecule has 0 aliphatic carbocycles. The normalized spacial score (nSPS) is 10.0. The predicted octanol–water partition coefficient (Wildman–Crippen LogP) is 2.89. The second kappa shape index (κ2) is 6.90. The second-order valence-electron chi connectivity index (χ2n) is 4.17. The summed E-state index contributed by atoms with van der Waals surface area (Å²) >= 11 is 5.85. The molecular formula is C14H15ClN4O2. The number of nitrogens with zero attached hydrogens (tertiary/aromatic N) is 3. The Labute approximate surface area is 127 Å². The molecule has 0 aliphatic heterocycles. The lowest BCUT2D eigenvalue weighted by Gasteiger charge is -2.18. The van der Waals surface area contributed by atoms with Gasteiger partial charge in [-0.3, -0.25) is 5.01 Å². The maximum Gasteiger partial charge on any atom is 0.426 e. The van der Waals surface area contributed by atoms with Crippen LogP contribution in [0.4, 0.5) is 10.6 Å². The van der Waals surface area contributed by atoms with Crippen molar-refractivity contribution < 1.29 is 9.53 Å². The van der Waals surface area contributed by atoms with Crippen LogP contribution >= 0.6 is 11.6 Å². The van der Waals surface area contributed by atoms with E-state index in [9.17, 15) is 4.79 Å². The second-order valence-corrected chi connectivity index (χ2v) is 4.61. The molecule has 0 aliphatic rings. The summed E-state index contributed by atoms with van der Waals surface area (Å²) in [7, 11) is 1.66. The van der Waals surface area contributed by atoms with Gasteiger partial charge in [-0.1, -0.05) is 23.7 Å². The molecule has 1 aromatic heterocycles. The number of hydrogen-bond acceptors (Lipinski definition) is 5. The van der Waals surface area contributed by atoms with Gasteiger partial charge >= 0.3 is 6.09 Å². The third kappa shape index (κ3) is 4.06. The van der Waals surface area contributed by atoms with Crippen LogP contribution in [0.1, 0.15) is 6.92 Å². The lowest BCUT2D eigenvalue weighted by molar-refractivity contribution is 0.151. The van der Waals surface area contributed by atoms with E-state index in [2.05, 4.69) is 15.6 Å². The molecule has 0 unspecified atom stereocenters. The van der Waals surface area contributed by atoms with Gasteiger partial charge in [-0.25, -0.2) is 10.2 Å². The zero-order valence-electron chi connectivity index (χ0n) is 11.7. The van der Waals surface area contributed by atoms with Gasteiger partial charge in [-0.15, -0.1) is 10.2 Å². The Morgan fingerprint density at radius 2 is 1.95 bits per heavy atom. The zero-order chi connectivity index (χ0) is 15.2. The molecule has 0 saturated carbocycles. The van der Waals surface area contributed by atoms with Gasteiger partial charge in [0.05, 0.1) is 12.3 Å². The zero-order valence-corrected chi connectivity index (χ0v) is 12.5. The van der Waals surface area contributed by atoms with Crippen molar-refractivity contribution in [1.29, 1.82) is 0 Å². The van der Waals surface area contributed by atoms with Gasteiger partial charge in [0.1, 0.15) is 0 Å². The molecule has 6 nitrogen and oxygen atoms in total. The molecule has 2 rings (SSSR count). The van der Waals surface area contributed by atoms with Crippen molar-refractivity contribution in [2.45, 2.75) is 6.92 Å². The van der Waals surface area contributed by atoms with E-state index in [1.807, 2.05) is 18.2 Å². The molecular weight excluding hydrogens is 292 g/mol. The van der Waals surface area contributed by atoms with Crippen LogP contribution in [0.2, 0.25) is 5.02 Å². The van der Waals surface area contributed by atoms with Gasteiger partial charge < -0.3 is 4.74 Å². The standard InChI is InChI=1S/C14H15ClN4O2/c1-3-21-14(20)18-19(2)13-9-8-12(16-17-13)10-4-6-11(15)7-5-10/h4-9H,3H2,1-2H3,(H,18,20). The molecule has 110 valence electrons.